The molecule has 0 aliphatic heterocycles. The summed E-state index contributed by atoms with van der Waals surface area (Å²) in [7, 11) is 0. The van der Waals surface area contributed by atoms with Gasteiger partial charge >= 0.3 is 0 Å². The molecule has 2 rings (SSSR count). The number of aromatic nitrogens is 2. The molecule has 2 nitrogen and oxygen atoms in total. The second-order valence-electron chi connectivity index (χ2n) is 3.02. The molecular weight excluding hydrogens is 196 g/mol. The van der Waals surface area contributed by atoms with Crippen LogP contribution in [0.2, 0.25) is 5.02 Å². The zero-order chi connectivity index (χ0) is 9.97. The van der Waals surface area contributed by atoms with E-state index in [-0.39, 0.29) is 0 Å². The normalized spacial score (nSPS) is 10.1. The Bertz CT molecular complexity index is 440. The lowest BCUT2D eigenvalue weighted by atomic mass is 10.1. The van der Waals surface area contributed by atoms with E-state index < -0.39 is 0 Å². The Kier molecular flexibility index (Phi) is 2.46. The van der Waals surface area contributed by atoms with Gasteiger partial charge in [-0.2, -0.15) is 0 Å². The fourth-order valence-electron chi connectivity index (χ4n) is 1.33. The van der Waals surface area contributed by atoms with Crippen molar-refractivity contribution in [1.29, 1.82) is 0 Å². The third-order valence-corrected chi connectivity index (χ3v) is 2.25. The van der Waals surface area contributed by atoms with Crippen LogP contribution < -0.4 is 0 Å². The molecule has 0 aliphatic rings. The third kappa shape index (κ3) is 1.75. The zero-order valence-corrected chi connectivity index (χ0v) is 8.49. The number of halogens is 1. The highest BCUT2D eigenvalue weighted by atomic mass is 35.5. The van der Waals surface area contributed by atoms with E-state index in [1.165, 1.54) is 0 Å². The van der Waals surface area contributed by atoms with E-state index in [2.05, 4.69) is 9.97 Å². The van der Waals surface area contributed by atoms with Gasteiger partial charge in [0.25, 0.3) is 0 Å². The van der Waals surface area contributed by atoms with Crippen LogP contribution >= 0.6 is 11.6 Å². The first-order chi connectivity index (χ1) is 6.77. The maximum absolute atomic E-state index is 5.89. The van der Waals surface area contributed by atoms with Crippen molar-refractivity contribution in [3.8, 4) is 11.1 Å². The van der Waals surface area contributed by atoms with Crippen LogP contribution in [0.5, 0.6) is 0 Å². The van der Waals surface area contributed by atoms with Gasteiger partial charge in [0.1, 0.15) is 0 Å². The Morgan fingerprint density at radius 3 is 2.64 bits per heavy atom. The lowest BCUT2D eigenvalue weighted by Gasteiger charge is -2.04. The Morgan fingerprint density at radius 1 is 1.21 bits per heavy atom. The van der Waals surface area contributed by atoms with Gasteiger partial charge in [-0.1, -0.05) is 11.6 Å². The molecule has 0 amide bonds. The molecule has 2 aromatic rings. The largest absolute Gasteiger partial charge is 0.265 e. The predicted molar refractivity (Wildman–Crippen MR) is 57.2 cm³/mol. The molecule has 0 bridgehead atoms. The highest BCUT2D eigenvalue weighted by molar-refractivity contribution is 6.30. The second kappa shape index (κ2) is 3.76. The molecule has 2 aromatic heterocycles. The van der Waals surface area contributed by atoms with Crippen molar-refractivity contribution in [1.82, 2.24) is 9.97 Å². The van der Waals surface area contributed by atoms with Gasteiger partial charge in [-0.3, -0.25) is 9.97 Å². The van der Waals surface area contributed by atoms with Gasteiger partial charge in [0.15, 0.2) is 0 Å². The van der Waals surface area contributed by atoms with Crippen LogP contribution in [-0.4, -0.2) is 9.97 Å². The second-order valence-corrected chi connectivity index (χ2v) is 3.46. The monoisotopic (exact) mass is 204 g/mol. The number of pyridine rings is 2. The molecule has 0 spiro atoms. The van der Waals surface area contributed by atoms with Crippen LogP contribution in [0.15, 0.2) is 36.8 Å². The summed E-state index contributed by atoms with van der Waals surface area (Å²) in [4.78, 5) is 8.17. The number of rotatable bonds is 1. The SMILES string of the molecule is Cc1ncc(Cl)cc1-c1ccncc1. The average Bonchev–Trinajstić information content (AvgIpc) is 2.23. The van der Waals surface area contributed by atoms with Gasteiger partial charge < -0.3 is 0 Å². The molecule has 3 heteroatoms. The summed E-state index contributed by atoms with van der Waals surface area (Å²) >= 11 is 5.89. The molecule has 0 unspecified atom stereocenters. The van der Waals surface area contributed by atoms with E-state index in [1.807, 2.05) is 25.1 Å². The summed E-state index contributed by atoms with van der Waals surface area (Å²) in [6.07, 6.45) is 5.17. The van der Waals surface area contributed by atoms with E-state index in [0.29, 0.717) is 5.02 Å². The maximum Gasteiger partial charge on any atom is 0.0595 e. The molecule has 0 radical (unpaired) electrons. The van der Waals surface area contributed by atoms with Gasteiger partial charge in [-0.15, -0.1) is 0 Å². The fraction of sp³-hybridized carbons (Fsp3) is 0.0909. The summed E-state index contributed by atoms with van der Waals surface area (Å²) in [6, 6.07) is 5.81. The lowest BCUT2D eigenvalue weighted by molar-refractivity contribution is 1.20. The Hall–Kier alpha value is -1.41. The van der Waals surface area contributed by atoms with E-state index in [9.17, 15) is 0 Å². The lowest BCUT2D eigenvalue weighted by Crippen LogP contribution is -1.87. The molecule has 0 N–H and O–H groups in total. The molecule has 0 saturated heterocycles. The van der Waals surface area contributed by atoms with Gasteiger partial charge in [0.05, 0.1) is 5.02 Å². The maximum atomic E-state index is 5.89. The van der Waals surface area contributed by atoms with Crippen molar-refractivity contribution in [3.63, 3.8) is 0 Å². The standard InChI is InChI=1S/C11H9ClN2/c1-8-11(6-10(12)7-14-8)9-2-4-13-5-3-9/h2-7H,1H3. The number of aryl methyl sites for hydroxylation is 1. The van der Waals surface area contributed by atoms with Crippen LogP contribution in [0, 0.1) is 6.92 Å². The smallest absolute Gasteiger partial charge is 0.0595 e. The molecular formula is C11H9ClN2. The first-order valence-electron chi connectivity index (χ1n) is 4.30. The third-order valence-electron chi connectivity index (χ3n) is 2.04. The highest BCUT2D eigenvalue weighted by Gasteiger charge is 2.02. The molecule has 0 aliphatic carbocycles. The van der Waals surface area contributed by atoms with Crippen molar-refractivity contribution >= 4 is 11.6 Å². The molecule has 0 atom stereocenters. The van der Waals surface area contributed by atoms with Crippen LogP contribution in [0.25, 0.3) is 11.1 Å². The van der Waals surface area contributed by atoms with E-state index in [4.69, 9.17) is 11.6 Å². The van der Waals surface area contributed by atoms with Gasteiger partial charge in [-0.25, -0.2) is 0 Å². The number of hydrogen-bond acceptors (Lipinski definition) is 2. The minimum atomic E-state index is 0.655. The average molecular weight is 205 g/mol. The first kappa shape index (κ1) is 9.16. The zero-order valence-electron chi connectivity index (χ0n) is 7.74. The summed E-state index contributed by atoms with van der Waals surface area (Å²) in [5.41, 5.74) is 3.12. The molecule has 2 heterocycles. The van der Waals surface area contributed by atoms with Crippen LogP contribution in [-0.2, 0) is 0 Å². The van der Waals surface area contributed by atoms with Crippen LogP contribution in [0.1, 0.15) is 5.69 Å². The highest BCUT2D eigenvalue weighted by Crippen LogP contribution is 2.23. The van der Waals surface area contributed by atoms with Crippen molar-refractivity contribution in [2.45, 2.75) is 6.92 Å². The van der Waals surface area contributed by atoms with E-state index >= 15 is 0 Å². The van der Waals surface area contributed by atoms with E-state index in [1.54, 1.807) is 18.6 Å². The van der Waals surface area contributed by atoms with Crippen molar-refractivity contribution in [2.75, 3.05) is 0 Å². The molecule has 14 heavy (non-hydrogen) atoms. The Balaban J connectivity index is 2.57. The minimum absolute atomic E-state index is 0.655. The van der Waals surface area contributed by atoms with Crippen molar-refractivity contribution in [2.24, 2.45) is 0 Å². The topological polar surface area (TPSA) is 25.8 Å². The van der Waals surface area contributed by atoms with Crippen molar-refractivity contribution < 1.29 is 0 Å². The fourth-order valence-corrected chi connectivity index (χ4v) is 1.49. The Labute approximate surface area is 87.6 Å². The van der Waals surface area contributed by atoms with E-state index in [0.717, 1.165) is 16.8 Å². The minimum Gasteiger partial charge on any atom is -0.265 e. The van der Waals surface area contributed by atoms with Crippen LogP contribution in [0.4, 0.5) is 0 Å². The predicted octanol–water partition coefficient (Wildman–Crippen LogP) is 3.11. The number of nitrogens with zero attached hydrogens (tertiary/aromatic N) is 2. The first-order valence-corrected chi connectivity index (χ1v) is 4.68. The van der Waals surface area contributed by atoms with Gasteiger partial charge in [0.2, 0.25) is 0 Å². The summed E-state index contributed by atoms with van der Waals surface area (Å²) < 4.78 is 0. The quantitative estimate of drug-likeness (QED) is 0.714. The van der Waals surface area contributed by atoms with Gasteiger partial charge in [-0.05, 0) is 30.7 Å². The molecule has 0 saturated carbocycles. The summed E-state index contributed by atoms with van der Waals surface area (Å²) in [5.74, 6) is 0. The van der Waals surface area contributed by atoms with Crippen molar-refractivity contribution in [3.05, 3.63) is 47.5 Å². The van der Waals surface area contributed by atoms with Crippen LogP contribution in [0.3, 0.4) is 0 Å². The summed E-state index contributed by atoms with van der Waals surface area (Å²) in [6.45, 7) is 1.96. The molecule has 70 valence electrons. The number of hydrogen-bond donors (Lipinski definition) is 0. The Morgan fingerprint density at radius 2 is 1.93 bits per heavy atom. The van der Waals surface area contributed by atoms with Gasteiger partial charge in [0, 0.05) is 29.8 Å². The summed E-state index contributed by atoms with van der Waals surface area (Å²) in [5, 5.41) is 0.655. The molecule has 0 aromatic carbocycles. The molecule has 0 fully saturated rings.